The Hall–Kier alpha value is -5.78. The van der Waals surface area contributed by atoms with Crippen molar-refractivity contribution in [1.82, 2.24) is 24.8 Å². The molecule has 1 saturated carbocycles. The molecule has 55 heavy (non-hydrogen) atoms. The van der Waals surface area contributed by atoms with E-state index in [1.807, 2.05) is 67.8 Å². The van der Waals surface area contributed by atoms with Crippen LogP contribution in [-0.4, -0.2) is 63.6 Å². The molecule has 11 nitrogen and oxygen atoms in total. The SMILES string of the molecule is CC(C)(C)OC(=O)NC1(c2ccc(-n3c(-c4cccnc4N)nc4ccc(-c5cccc(N6CCO[C@@H](COCc7ccccc7)C6)c5)nc43)cc2)CCC1. The van der Waals surface area contributed by atoms with Gasteiger partial charge in [-0.1, -0.05) is 54.6 Å². The van der Waals surface area contributed by atoms with Crippen molar-refractivity contribution in [2.45, 2.75) is 63.9 Å². The number of morpholine rings is 1. The van der Waals surface area contributed by atoms with E-state index in [9.17, 15) is 4.79 Å². The van der Waals surface area contributed by atoms with Crippen LogP contribution in [0.5, 0.6) is 0 Å². The smallest absolute Gasteiger partial charge is 0.408 e. The number of nitrogen functional groups attached to an aromatic ring is 1. The maximum atomic E-state index is 12.8. The lowest BCUT2D eigenvalue weighted by Crippen LogP contribution is -2.52. The van der Waals surface area contributed by atoms with Gasteiger partial charge < -0.3 is 30.2 Å². The molecule has 0 radical (unpaired) electrons. The van der Waals surface area contributed by atoms with Crippen LogP contribution in [0.15, 0.2) is 109 Å². The Balaban J connectivity index is 1.09. The molecule has 0 spiro atoms. The molecule has 11 heteroatoms. The van der Waals surface area contributed by atoms with Crippen LogP contribution < -0.4 is 16.0 Å². The number of imidazole rings is 1. The third-order valence-corrected chi connectivity index (χ3v) is 10.3. The largest absolute Gasteiger partial charge is 0.444 e. The number of benzene rings is 3. The molecule has 0 unspecified atom stereocenters. The first-order chi connectivity index (χ1) is 26.6. The first kappa shape index (κ1) is 36.2. The molecule has 8 rings (SSSR count). The Kier molecular flexibility index (Phi) is 9.98. The monoisotopic (exact) mass is 737 g/mol. The summed E-state index contributed by atoms with van der Waals surface area (Å²) < 4.78 is 19.8. The minimum atomic E-state index is -0.581. The number of aromatic nitrogens is 4. The summed E-state index contributed by atoms with van der Waals surface area (Å²) in [6, 6.07) is 34.7. The number of ether oxygens (including phenoxy) is 3. The topological polar surface area (TPSA) is 130 Å². The van der Waals surface area contributed by atoms with Gasteiger partial charge in [0.25, 0.3) is 0 Å². The van der Waals surface area contributed by atoms with E-state index in [0.717, 1.165) is 71.6 Å². The number of nitrogens with one attached hydrogen (secondary N) is 1. The fourth-order valence-corrected chi connectivity index (χ4v) is 7.39. The minimum Gasteiger partial charge on any atom is -0.444 e. The van der Waals surface area contributed by atoms with Gasteiger partial charge in [-0.25, -0.2) is 19.7 Å². The maximum Gasteiger partial charge on any atom is 0.408 e. The van der Waals surface area contributed by atoms with Crippen LogP contribution in [0.2, 0.25) is 0 Å². The molecule has 1 amide bonds. The van der Waals surface area contributed by atoms with Crippen LogP contribution in [0.4, 0.5) is 16.3 Å². The lowest BCUT2D eigenvalue weighted by molar-refractivity contribution is -0.0283. The predicted octanol–water partition coefficient (Wildman–Crippen LogP) is 8.06. The van der Waals surface area contributed by atoms with Crippen molar-refractivity contribution in [3.8, 4) is 28.3 Å². The highest BCUT2D eigenvalue weighted by Gasteiger charge is 2.41. The molecule has 1 saturated heterocycles. The first-order valence-corrected chi connectivity index (χ1v) is 19.0. The van der Waals surface area contributed by atoms with E-state index in [1.165, 1.54) is 0 Å². The second-order valence-corrected chi connectivity index (χ2v) is 15.3. The van der Waals surface area contributed by atoms with E-state index in [4.69, 9.17) is 29.9 Å². The summed E-state index contributed by atoms with van der Waals surface area (Å²) in [5, 5.41) is 3.17. The van der Waals surface area contributed by atoms with Crippen molar-refractivity contribution in [3.63, 3.8) is 0 Å². The molecule has 2 fully saturated rings. The van der Waals surface area contributed by atoms with Crippen molar-refractivity contribution in [3.05, 3.63) is 120 Å². The Morgan fingerprint density at radius 3 is 2.51 bits per heavy atom. The lowest BCUT2D eigenvalue weighted by Gasteiger charge is -2.43. The number of fused-ring (bicyclic) bond motifs is 1. The molecule has 3 aromatic heterocycles. The standard InChI is InChI=1S/C44H47N7O4/c1-43(2,3)55-42(52)49-44(21-9-22-44)32-15-17-33(18-16-32)51-40(36-14-8-23-46-39(36)45)48-38-20-19-37(47-41(38)51)31-12-7-13-34(26-31)50-24-25-54-35(27-50)29-53-28-30-10-5-4-6-11-30/h4-8,10-20,23,26,35H,9,21-22,24-25,27-29H2,1-3H3,(H2,45,46)(H,49,52)/t35-/m1/s1. The van der Waals surface area contributed by atoms with Gasteiger partial charge in [0, 0.05) is 36.2 Å². The van der Waals surface area contributed by atoms with Crippen molar-refractivity contribution in [1.29, 1.82) is 0 Å². The number of alkyl carbamates (subject to hydrolysis) is 1. The summed E-state index contributed by atoms with van der Waals surface area (Å²) in [4.78, 5) is 29.8. The Bertz CT molecular complexity index is 2280. The number of hydrogen-bond acceptors (Lipinski definition) is 9. The normalized spacial score (nSPS) is 16.8. The average Bonchev–Trinajstić information content (AvgIpc) is 3.55. The molecule has 2 aliphatic rings. The summed E-state index contributed by atoms with van der Waals surface area (Å²) in [5.74, 6) is 1.03. The number of pyridine rings is 2. The van der Waals surface area contributed by atoms with Gasteiger partial charge in [-0.2, -0.15) is 0 Å². The van der Waals surface area contributed by atoms with Gasteiger partial charge in [0.05, 0.1) is 42.7 Å². The van der Waals surface area contributed by atoms with Crippen LogP contribution >= 0.6 is 0 Å². The average molecular weight is 738 g/mol. The van der Waals surface area contributed by atoms with Crippen LogP contribution in [0.3, 0.4) is 0 Å². The maximum absolute atomic E-state index is 12.8. The van der Waals surface area contributed by atoms with Gasteiger partial charge in [-0.15, -0.1) is 0 Å². The van der Waals surface area contributed by atoms with E-state index < -0.39 is 17.2 Å². The first-order valence-electron chi connectivity index (χ1n) is 19.0. The molecule has 1 aliphatic heterocycles. The van der Waals surface area contributed by atoms with Crippen molar-refractivity contribution in [2.24, 2.45) is 0 Å². The summed E-state index contributed by atoms with van der Waals surface area (Å²) in [6.07, 6.45) is 3.95. The van der Waals surface area contributed by atoms with Gasteiger partial charge in [0.1, 0.15) is 16.9 Å². The molecular weight excluding hydrogens is 691 g/mol. The third kappa shape index (κ3) is 7.90. The van der Waals surface area contributed by atoms with E-state index in [2.05, 4.69) is 75.9 Å². The van der Waals surface area contributed by atoms with Gasteiger partial charge in [0.2, 0.25) is 0 Å². The quantitative estimate of drug-likeness (QED) is 0.143. The number of hydrogen-bond donors (Lipinski definition) is 2. The number of nitrogens with two attached hydrogens (primary N) is 1. The summed E-state index contributed by atoms with van der Waals surface area (Å²) >= 11 is 0. The summed E-state index contributed by atoms with van der Waals surface area (Å²) in [6.45, 7) is 8.86. The highest BCUT2D eigenvalue weighted by atomic mass is 16.6. The lowest BCUT2D eigenvalue weighted by atomic mass is 9.72. The zero-order chi connectivity index (χ0) is 38.0. The number of carbonyl (C=O) groups is 1. The fourth-order valence-electron chi connectivity index (χ4n) is 7.39. The molecule has 3 aromatic carbocycles. The third-order valence-electron chi connectivity index (χ3n) is 10.3. The van der Waals surface area contributed by atoms with Crippen LogP contribution in [0, 0.1) is 0 Å². The van der Waals surface area contributed by atoms with Crippen molar-refractivity contribution in [2.75, 3.05) is 36.9 Å². The Labute approximate surface area is 321 Å². The molecule has 6 aromatic rings. The molecule has 282 valence electrons. The number of anilines is 2. The zero-order valence-electron chi connectivity index (χ0n) is 31.6. The van der Waals surface area contributed by atoms with E-state index in [-0.39, 0.29) is 6.10 Å². The number of amides is 1. The van der Waals surface area contributed by atoms with Gasteiger partial charge in [0.15, 0.2) is 11.5 Å². The molecule has 4 heterocycles. The Morgan fingerprint density at radius 2 is 1.76 bits per heavy atom. The number of rotatable bonds is 10. The molecule has 1 aliphatic carbocycles. The number of nitrogens with zero attached hydrogens (tertiary/aromatic N) is 5. The van der Waals surface area contributed by atoms with Crippen molar-refractivity contribution < 1.29 is 19.0 Å². The second kappa shape index (κ2) is 15.2. The van der Waals surface area contributed by atoms with Gasteiger partial charge >= 0.3 is 6.09 Å². The van der Waals surface area contributed by atoms with Crippen LogP contribution in [0.25, 0.3) is 39.5 Å². The zero-order valence-corrected chi connectivity index (χ0v) is 31.6. The van der Waals surface area contributed by atoms with Crippen LogP contribution in [0.1, 0.15) is 51.2 Å². The second-order valence-electron chi connectivity index (χ2n) is 15.3. The predicted molar refractivity (Wildman–Crippen MR) is 215 cm³/mol. The highest BCUT2D eigenvalue weighted by Crippen LogP contribution is 2.42. The van der Waals surface area contributed by atoms with E-state index >= 15 is 0 Å². The Morgan fingerprint density at radius 1 is 0.945 bits per heavy atom. The van der Waals surface area contributed by atoms with Crippen LogP contribution in [-0.2, 0) is 26.4 Å². The van der Waals surface area contributed by atoms with Crippen molar-refractivity contribution >= 4 is 28.8 Å². The summed E-state index contributed by atoms with van der Waals surface area (Å²) in [7, 11) is 0. The highest BCUT2D eigenvalue weighted by molar-refractivity contribution is 5.85. The molecular formula is C44H47N7O4. The van der Waals surface area contributed by atoms with Gasteiger partial charge in [-0.3, -0.25) is 4.57 Å². The minimum absolute atomic E-state index is 0.0260. The van der Waals surface area contributed by atoms with E-state index in [0.29, 0.717) is 42.7 Å². The van der Waals surface area contributed by atoms with Gasteiger partial charge in [-0.05, 0) is 99.7 Å². The fraction of sp³-hybridized carbons (Fsp3) is 0.318. The number of carbonyl (C=O) groups excluding carboxylic acids is 1. The molecule has 3 N–H and O–H groups in total. The molecule has 0 bridgehead atoms. The molecule has 1 atom stereocenters. The van der Waals surface area contributed by atoms with E-state index in [1.54, 1.807) is 6.20 Å². The summed E-state index contributed by atoms with van der Waals surface area (Å²) in [5.41, 5.74) is 13.5.